The Morgan fingerprint density at radius 3 is 2.26 bits per heavy atom. The van der Waals surface area contributed by atoms with Gasteiger partial charge in [-0.25, -0.2) is 0 Å². The highest BCUT2D eigenvalue weighted by atomic mass is 32.2. The van der Waals surface area contributed by atoms with Crippen molar-refractivity contribution in [3.63, 3.8) is 0 Å². The molecule has 34 heavy (non-hydrogen) atoms. The van der Waals surface area contributed by atoms with Crippen LogP contribution in [0.15, 0.2) is 77.2 Å². The highest BCUT2D eigenvalue weighted by Gasteiger charge is 2.28. The summed E-state index contributed by atoms with van der Waals surface area (Å²) in [6.45, 7) is 4.83. The molecule has 7 nitrogen and oxygen atoms in total. The molecule has 176 valence electrons. The van der Waals surface area contributed by atoms with Gasteiger partial charge in [0.15, 0.2) is 0 Å². The lowest BCUT2D eigenvalue weighted by Gasteiger charge is -2.16. The van der Waals surface area contributed by atoms with Crippen molar-refractivity contribution in [3.05, 3.63) is 89.5 Å². The van der Waals surface area contributed by atoms with E-state index in [1.54, 1.807) is 18.2 Å². The van der Waals surface area contributed by atoms with Crippen LogP contribution in [0.1, 0.15) is 30.5 Å². The van der Waals surface area contributed by atoms with Crippen molar-refractivity contribution in [1.82, 2.24) is 4.90 Å². The molecule has 1 aliphatic rings. The molecular weight excluding hydrogens is 448 g/mol. The van der Waals surface area contributed by atoms with Crippen LogP contribution in [-0.2, 0) is 21.8 Å². The van der Waals surface area contributed by atoms with Crippen molar-refractivity contribution in [1.29, 1.82) is 0 Å². The summed E-state index contributed by atoms with van der Waals surface area (Å²) in [6, 6.07) is 22.4. The van der Waals surface area contributed by atoms with E-state index in [1.165, 1.54) is 5.56 Å². The average Bonchev–Trinajstić information content (AvgIpc) is 3.14. The van der Waals surface area contributed by atoms with Gasteiger partial charge in [-0.15, -0.1) is 4.36 Å². The van der Waals surface area contributed by atoms with Gasteiger partial charge >= 0.3 is 10.5 Å². The first kappa shape index (κ1) is 24.9. The third kappa shape index (κ3) is 5.98. The fourth-order valence-electron chi connectivity index (χ4n) is 3.63. The van der Waals surface area contributed by atoms with Gasteiger partial charge in [-0.05, 0) is 55.6 Å². The van der Waals surface area contributed by atoms with Gasteiger partial charge in [0.25, 0.3) is 5.91 Å². The molecule has 0 unspecified atom stereocenters. The zero-order valence-electron chi connectivity index (χ0n) is 19.7. The first-order valence-electron chi connectivity index (χ1n) is 11.0. The first-order valence-corrected chi connectivity index (χ1v) is 12.0. The third-order valence-electron chi connectivity index (χ3n) is 4.96. The first-order chi connectivity index (χ1) is 16.4. The predicted molar refractivity (Wildman–Crippen MR) is 138 cm³/mol. The normalized spacial score (nSPS) is 13.4. The van der Waals surface area contributed by atoms with E-state index < -0.39 is 10.5 Å². The molecule has 2 N–H and O–H groups in total. The zero-order chi connectivity index (χ0) is 24.7. The van der Waals surface area contributed by atoms with Gasteiger partial charge in [0, 0.05) is 23.5 Å². The molecule has 0 aromatic heterocycles. The molecule has 1 aliphatic heterocycles. The van der Waals surface area contributed by atoms with E-state index in [4.69, 9.17) is 0 Å². The molecular formula is C26H28N4O3S. The van der Waals surface area contributed by atoms with E-state index in [-0.39, 0.29) is 11.6 Å². The van der Waals surface area contributed by atoms with Crippen LogP contribution in [0, 0.1) is 0 Å². The zero-order valence-corrected chi connectivity index (χ0v) is 20.5. The summed E-state index contributed by atoms with van der Waals surface area (Å²) in [4.78, 5) is 15.1. The molecule has 0 saturated carbocycles. The second-order valence-corrected chi connectivity index (χ2v) is 8.28. The van der Waals surface area contributed by atoms with Crippen LogP contribution >= 0.6 is 0 Å². The van der Waals surface area contributed by atoms with E-state index >= 15 is 0 Å². The number of amides is 1. The standard InChI is InChI=1S/C24H22N4O3S.C2H6/c1-28(2)15-16-8-10-18(11-9-16)25-23(17-6-4-3-5-7-17)22-20-14-19(27-32(30)31)12-13-21(20)26-24(22)29;1-2/h3-14,25H,15H2,1-2H3,(H,26,29);1-2H3. The lowest BCUT2D eigenvalue weighted by atomic mass is 9.99. The predicted octanol–water partition coefficient (Wildman–Crippen LogP) is 5.40. The molecule has 1 heterocycles. The summed E-state index contributed by atoms with van der Waals surface area (Å²) in [5.41, 5.74) is 5.36. The van der Waals surface area contributed by atoms with Crippen LogP contribution in [0.25, 0.3) is 11.3 Å². The molecule has 0 atom stereocenters. The number of hydrogen-bond acceptors (Lipinski definition) is 6. The minimum absolute atomic E-state index is 0.256. The summed E-state index contributed by atoms with van der Waals surface area (Å²) < 4.78 is 25.6. The second kappa shape index (κ2) is 11.4. The van der Waals surface area contributed by atoms with Crippen molar-refractivity contribution in [3.8, 4) is 0 Å². The topological polar surface area (TPSA) is 90.9 Å². The van der Waals surface area contributed by atoms with E-state index in [0.29, 0.717) is 22.5 Å². The monoisotopic (exact) mass is 476 g/mol. The number of hydrogen-bond donors (Lipinski definition) is 2. The maximum Gasteiger partial charge on any atom is 0.316 e. The molecule has 3 aromatic rings. The van der Waals surface area contributed by atoms with Crippen LogP contribution in [0.4, 0.5) is 17.1 Å². The lowest BCUT2D eigenvalue weighted by molar-refractivity contribution is -0.110. The SMILES string of the molecule is CC.CN(C)Cc1ccc(NC(=C2C(=O)Nc3ccc(N=S(=O)=O)cc32)c2ccccc2)cc1. The maximum atomic E-state index is 13.0. The number of fused-ring (bicyclic) bond motifs is 1. The van der Waals surface area contributed by atoms with E-state index in [0.717, 1.165) is 17.8 Å². The van der Waals surface area contributed by atoms with Gasteiger partial charge in [0.1, 0.15) is 0 Å². The summed E-state index contributed by atoms with van der Waals surface area (Å²) in [6.07, 6.45) is 0. The van der Waals surface area contributed by atoms with Crippen LogP contribution in [0.3, 0.4) is 0 Å². The van der Waals surface area contributed by atoms with Crippen molar-refractivity contribution >= 4 is 44.7 Å². The van der Waals surface area contributed by atoms with E-state index in [9.17, 15) is 13.2 Å². The van der Waals surface area contributed by atoms with Gasteiger partial charge in [0.2, 0.25) is 0 Å². The fourth-order valence-corrected chi connectivity index (χ4v) is 3.92. The van der Waals surface area contributed by atoms with Crippen LogP contribution in [0.2, 0.25) is 0 Å². The quantitative estimate of drug-likeness (QED) is 0.465. The molecule has 1 amide bonds. The van der Waals surface area contributed by atoms with Gasteiger partial charge in [0.05, 0.1) is 17.0 Å². The highest BCUT2D eigenvalue weighted by molar-refractivity contribution is 7.61. The summed E-state index contributed by atoms with van der Waals surface area (Å²) in [5, 5.41) is 6.26. The Morgan fingerprint density at radius 1 is 0.971 bits per heavy atom. The van der Waals surface area contributed by atoms with Crippen molar-refractivity contribution in [2.75, 3.05) is 24.7 Å². The van der Waals surface area contributed by atoms with Crippen molar-refractivity contribution < 1.29 is 13.2 Å². The minimum atomic E-state index is -2.58. The third-order valence-corrected chi connectivity index (χ3v) is 5.32. The molecule has 8 heteroatoms. The average molecular weight is 477 g/mol. The van der Waals surface area contributed by atoms with Crippen LogP contribution in [-0.4, -0.2) is 33.3 Å². The summed E-state index contributed by atoms with van der Waals surface area (Å²) in [5.74, 6) is -0.268. The van der Waals surface area contributed by atoms with Crippen LogP contribution < -0.4 is 10.6 Å². The molecule has 0 bridgehead atoms. The van der Waals surface area contributed by atoms with Crippen molar-refractivity contribution in [2.24, 2.45) is 4.36 Å². The number of anilines is 2. The maximum absolute atomic E-state index is 13.0. The van der Waals surface area contributed by atoms with Crippen LogP contribution in [0.5, 0.6) is 0 Å². The molecule has 0 saturated heterocycles. The Balaban J connectivity index is 0.00000158. The number of carbonyl (C=O) groups excluding carboxylic acids is 1. The molecule has 0 fully saturated rings. The number of nitrogens with one attached hydrogen (secondary N) is 2. The Labute approximate surface area is 201 Å². The number of benzene rings is 3. The van der Waals surface area contributed by atoms with Crippen molar-refractivity contribution in [2.45, 2.75) is 20.4 Å². The minimum Gasteiger partial charge on any atom is -0.354 e. The molecule has 0 spiro atoms. The number of rotatable bonds is 6. The van der Waals surface area contributed by atoms with Gasteiger partial charge < -0.3 is 15.5 Å². The van der Waals surface area contributed by atoms with E-state index in [2.05, 4.69) is 19.9 Å². The lowest BCUT2D eigenvalue weighted by Crippen LogP contribution is -2.11. The Hall–Kier alpha value is -3.75. The molecule has 4 rings (SSSR count). The summed E-state index contributed by atoms with van der Waals surface area (Å²) >= 11 is 0. The van der Waals surface area contributed by atoms with Gasteiger partial charge in [-0.1, -0.05) is 56.3 Å². The largest absolute Gasteiger partial charge is 0.354 e. The van der Waals surface area contributed by atoms with Gasteiger partial charge in [-0.3, -0.25) is 4.79 Å². The number of carbonyl (C=O) groups is 1. The Bertz CT molecular complexity index is 1320. The fraction of sp³-hybridized carbons (Fsp3) is 0.192. The van der Waals surface area contributed by atoms with Gasteiger partial charge in [-0.2, -0.15) is 8.42 Å². The summed E-state index contributed by atoms with van der Waals surface area (Å²) in [7, 11) is 1.45. The molecule has 0 aliphatic carbocycles. The smallest absolute Gasteiger partial charge is 0.316 e. The molecule has 0 radical (unpaired) electrons. The Kier molecular flexibility index (Phi) is 8.34. The number of nitrogens with zero attached hydrogens (tertiary/aromatic N) is 2. The molecule has 3 aromatic carbocycles. The highest BCUT2D eigenvalue weighted by Crippen LogP contribution is 2.39. The second-order valence-electron chi connectivity index (χ2n) is 7.67. The Morgan fingerprint density at radius 2 is 1.65 bits per heavy atom. The van der Waals surface area contributed by atoms with E-state index in [1.807, 2.05) is 82.5 Å².